The minimum absolute atomic E-state index is 0.179. The van der Waals surface area contributed by atoms with Gasteiger partial charge in [-0.2, -0.15) is 0 Å². The van der Waals surface area contributed by atoms with Crippen LogP contribution in [-0.4, -0.2) is 12.1 Å². The first-order valence-electron chi connectivity index (χ1n) is 6.80. The third-order valence-electron chi connectivity index (χ3n) is 3.42. The van der Waals surface area contributed by atoms with Crippen molar-refractivity contribution in [3.63, 3.8) is 0 Å². The Morgan fingerprint density at radius 3 is 2.45 bits per heavy atom. The molecule has 2 nitrogen and oxygen atoms in total. The molecule has 0 aliphatic carbocycles. The topological polar surface area (TPSA) is 38.0 Å². The summed E-state index contributed by atoms with van der Waals surface area (Å²) in [7, 11) is 0. The highest BCUT2D eigenvalue weighted by Gasteiger charge is 2.22. The fraction of sp³-hybridized carbons (Fsp3) is 0.294. The third kappa shape index (κ3) is 3.99. The van der Waals surface area contributed by atoms with E-state index < -0.39 is 0 Å². The van der Waals surface area contributed by atoms with Crippen LogP contribution in [0.1, 0.15) is 18.1 Å². The van der Waals surface area contributed by atoms with Crippen molar-refractivity contribution in [1.29, 1.82) is 0 Å². The van der Waals surface area contributed by atoms with Crippen molar-refractivity contribution in [2.45, 2.75) is 25.8 Å². The number of anilines is 1. The number of rotatable bonds is 5. The molecule has 0 aliphatic rings. The van der Waals surface area contributed by atoms with Crippen LogP contribution in [0.15, 0.2) is 48.5 Å². The molecule has 0 radical (unpaired) electrons. The van der Waals surface area contributed by atoms with Crippen LogP contribution in [0.5, 0.6) is 0 Å². The molecule has 1 atom stereocenters. The molecule has 0 spiro atoms. The molecule has 106 valence electrons. The van der Waals surface area contributed by atoms with Crippen molar-refractivity contribution in [2.75, 3.05) is 11.9 Å². The van der Waals surface area contributed by atoms with Crippen molar-refractivity contribution >= 4 is 17.3 Å². The molecule has 0 amide bonds. The Balaban J connectivity index is 2.14. The third-order valence-corrected chi connectivity index (χ3v) is 3.67. The molecule has 3 N–H and O–H groups in total. The van der Waals surface area contributed by atoms with Crippen molar-refractivity contribution in [2.24, 2.45) is 5.73 Å². The molecule has 20 heavy (non-hydrogen) atoms. The molecule has 2 aromatic carbocycles. The maximum atomic E-state index is 5.98. The van der Waals surface area contributed by atoms with Gasteiger partial charge < -0.3 is 11.1 Å². The Hall–Kier alpha value is -1.51. The molecule has 0 saturated carbocycles. The summed E-state index contributed by atoms with van der Waals surface area (Å²) in [6.45, 7) is 4.79. The van der Waals surface area contributed by atoms with E-state index >= 15 is 0 Å². The van der Waals surface area contributed by atoms with Gasteiger partial charge in [-0.1, -0.05) is 35.9 Å². The largest absolute Gasteiger partial charge is 0.378 e. The van der Waals surface area contributed by atoms with Gasteiger partial charge in [-0.25, -0.2) is 0 Å². The smallest absolute Gasteiger partial charge is 0.0507 e. The van der Waals surface area contributed by atoms with Crippen LogP contribution in [-0.2, 0) is 6.42 Å². The molecule has 0 saturated heterocycles. The molecule has 0 aromatic heterocycles. The van der Waals surface area contributed by atoms with Gasteiger partial charge in [0, 0.05) is 17.3 Å². The van der Waals surface area contributed by atoms with Crippen molar-refractivity contribution in [1.82, 2.24) is 0 Å². The highest BCUT2D eigenvalue weighted by atomic mass is 35.5. The van der Waals surface area contributed by atoms with Gasteiger partial charge in [0.1, 0.15) is 0 Å². The van der Waals surface area contributed by atoms with Crippen LogP contribution < -0.4 is 11.1 Å². The van der Waals surface area contributed by atoms with Gasteiger partial charge in [-0.05, 0) is 55.7 Å². The zero-order valence-corrected chi connectivity index (χ0v) is 12.7. The molecular weight excluding hydrogens is 268 g/mol. The summed E-state index contributed by atoms with van der Waals surface area (Å²) in [6.07, 6.45) is 0.856. The monoisotopic (exact) mass is 288 g/mol. The first-order valence-corrected chi connectivity index (χ1v) is 7.18. The van der Waals surface area contributed by atoms with E-state index in [1.165, 1.54) is 11.1 Å². The van der Waals surface area contributed by atoms with E-state index in [0.29, 0.717) is 6.54 Å². The van der Waals surface area contributed by atoms with Crippen molar-refractivity contribution in [3.05, 3.63) is 64.7 Å². The molecular formula is C17H21ClN2. The number of aryl methyl sites for hydroxylation is 1. The van der Waals surface area contributed by atoms with E-state index in [1.54, 1.807) is 0 Å². The fourth-order valence-corrected chi connectivity index (χ4v) is 2.42. The van der Waals surface area contributed by atoms with Gasteiger partial charge in [0.2, 0.25) is 0 Å². The lowest BCUT2D eigenvalue weighted by Gasteiger charge is -2.31. The lowest BCUT2D eigenvalue weighted by molar-refractivity contribution is 0.521. The first-order chi connectivity index (χ1) is 9.50. The Labute approximate surface area is 126 Å². The Morgan fingerprint density at radius 1 is 1.15 bits per heavy atom. The summed E-state index contributed by atoms with van der Waals surface area (Å²) >= 11 is 5.92. The van der Waals surface area contributed by atoms with Gasteiger partial charge in [0.05, 0.1) is 5.54 Å². The number of hydrogen-bond acceptors (Lipinski definition) is 2. The first kappa shape index (κ1) is 14.9. The van der Waals surface area contributed by atoms with Gasteiger partial charge in [-0.15, -0.1) is 0 Å². The van der Waals surface area contributed by atoms with Crippen LogP contribution in [0.2, 0.25) is 5.02 Å². The predicted molar refractivity (Wildman–Crippen MR) is 87.4 cm³/mol. The van der Waals surface area contributed by atoms with E-state index in [4.69, 9.17) is 17.3 Å². The summed E-state index contributed by atoms with van der Waals surface area (Å²) < 4.78 is 0. The van der Waals surface area contributed by atoms with Crippen LogP contribution in [0, 0.1) is 6.92 Å². The number of halogens is 1. The quantitative estimate of drug-likeness (QED) is 0.872. The van der Waals surface area contributed by atoms with Crippen LogP contribution in [0.4, 0.5) is 5.69 Å². The zero-order chi connectivity index (χ0) is 14.6. The summed E-state index contributed by atoms with van der Waals surface area (Å²) in [6, 6.07) is 16.3. The van der Waals surface area contributed by atoms with Crippen LogP contribution in [0.25, 0.3) is 0 Å². The fourth-order valence-electron chi connectivity index (χ4n) is 2.29. The van der Waals surface area contributed by atoms with Crippen molar-refractivity contribution < 1.29 is 0 Å². The molecule has 0 bridgehead atoms. The molecule has 2 aromatic rings. The van der Waals surface area contributed by atoms with Gasteiger partial charge in [0.25, 0.3) is 0 Å². The summed E-state index contributed by atoms with van der Waals surface area (Å²) in [4.78, 5) is 0. The molecule has 3 heteroatoms. The Morgan fingerprint density at radius 2 is 1.85 bits per heavy atom. The van der Waals surface area contributed by atoms with E-state index in [-0.39, 0.29) is 5.54 Å². The van der Waals surface area contributed by atoms with Gasteiger partial charge in [0.15, 0.2) is 0 Å². The Bertz CT molecular complexity index is 565. The van der Waals surface area contributed by atoms with E-state index in [2.05, 4.69) is 43.4 Å². The Kier molecular flexibility index (Phi) is 4.69. The summed E-state index contributed by atoms with van der Waals surface area (Å²) in [5, 5.41) is 4.31. The standard InChI is InChI=1S/C17H21ClN2/c1-13-4-3-5-16(10-13)20-17(2,12-19)11-14-6-8-15(18)9-7-14/h3-10,20H,11-12,19H2,1-2H3. The number of nitrogens with one attached hydrogen (secondary N) is 1. The van der Waals surface area contributed by atoms with E-state index in [9.17, 15) is 0 Å². The lowest BCUT2D eigenvalue weighted by Crippen LogP contribution is -2.44. The van der Waals surface area contributed by atoms with Crippen LogP contribution in [0.3, 0.4) is 0 Å². The van der Waals surface area contributed by atoms with Gasteiger partial charge >= 0.3 is 0 Å². The molecule has 0 fully saturated rings. The van der Waals surface area contributed by atoms with Gasteiger partial charge in [-0.3, -0.25) is 0 Å². The highest BCUT2D eigenvalue weighted by Crippen LogP contribution is 2.21. The molecule has 0 aliphatic heterocycles. The second kappa shape index (κ2) is 6.29. The second-order valence-corrected chi connectivity index (χ2v) is 6.00. The summed E-state index contributed by atoms with van der Waals surface area (Å²) in [5.41, 5.74) is 9.37. The average molecular weight is 289 g/mol. The normalized spacial score (nSPS) is 13.8. The predicted octanol–water partition coefficient (Wildman–Crippen LogP) is 4.02. The zero-order valence-electron chi connectivity index (χ0n) is 12.0. The average Bonchev–Trinajstić information content (AvgIpc) is 2.41. The number of hydrogen-bond donors (Lipinski definition) is 2. The lowest BCUT2D eigenvalue weighted by atomic mass is 9.92. The van der Waals surface area contributed by atoms with E-state index in [1.807, 2.05) is 24.3 Å². The maximum absolute atomic E-state index is 5.98. The number of nitrogens with two attached hydrogens (primary N) is 1. The molecule has 1 unspecified atom stereocenters. The maximum Gasteiger partial charge on any atom is 0.0507 e. The minimum Gasteiger partial charge on any atom is -0.378 e. The second-order valence-electron chi connectivity index (χ2n) is 5.56. The van der Waals surface area contributed by atoms with Crippen LogP contribution >= 0.6 is 11.6 Å². The number of benzene rings is 2. The highest BCUT2D eigenvalue weighted by molar-refractivity contribution is 6.30. The SMILES string of the molecule is Cc1cccc(NC(C)(CN)Cc2ccc(Cl)cc2)c1. The molecule has 2 rings (SSSR count). The summed E-state index contributed by atoms with van der Waals surface area (Å²) in [5.74, 6) is 0. The minimum atomic E-state index is -0.179. The van der Waals surface area contributed by atoms with Crippen molar-refractivity contribution in [3.8, 4) is 0 Å². The molecule has 0 heterocycles. The van der Waals surface area contributed by atoms with E-state index in [0.717, 1.165) is 17.1 Å².